The van der Waals surface area contributed by atoms with Gasteiger partial charge in [-0.3, -0.25) is 9.59 Å². The number of halogens is 1. The predicted molar refractivity (Wildman–Crippen MR) is 72.9 cm³/mol. The number of carboxylic acids is 2. The van der Waals surface area contributed by atoms with Crippen LogP contribution >= 0.6 is 15.9 Å². The van der Waals surface area contributed by atoms with Gasteiger partial charge in [-0.2, -0.15) is 4.72 Å². The van der Waals surface area contributed by atoms with Gasteiger partial charge in [-0.05, 0) is 40.5 Å². The summed E-state index contributed by atoms with van der Waals surface area (Å²) in [7, 11) is -4.14. The molecule has 0 spiro atoms. The van der Waals surface area contributed by atoms with Crippen LogP contribution in [0.5, 0.6) is 0 Å². The van der Waals surface area contributed by atoms with Gasteiger partial charge in [0.1, 0.15) is 6.04 Å². The Morgan fingerprint density at radius 3 is 2.40 bits per heavy atom. The lowest BCUT2D eigenvalue weighted by Crippen LogP contribution is -2.42. The van der Waals surface area contributed by atoms with Gasteiger partial charge in [0, 0.05) is 4.47 Å². The highest BCUT2D eigenvalue weighted by molar-refractivity contribution is 9.10. The fraction of sp³-hybridized carbons (Fsp3) is 0.273. The van der Waals surface area contributed by atoms with Crippen LogP contribution in [0.15, 0.2) is 27.6 Å². The van der Waals surface area contributed by atoms with Gasteiger partial charge in [-0.1, -0.05) is 6.07 Å². The molecule has 1 aromatic carbocycles. The summed E-state index contributed by atoms with van der Waals surface area (Å²) >= 11 is 3.08. The minimum Gasteiger partial charge on any atom is -0.481 e. The molecule has 0 radical (unpaired) electrons. The lowest BCUT2D eigenvalue weighted by atomic mass is 10.2. The van der Waals surface area contributed by atoms with Crippen LogP contribution in [0.1, 0.15) is 12.0 Å². The summed E-state index contributed by atoms with van der Waals surface area (Å²) in [6.07, 6.45) is -0.849. The van der Waals surface area contributed by atoms with Crippen molar-refractivity contribution < 1.29 is 28.2 Å². The fourth-order valence-corrected chi connectivity index (χ4v) is 3.81. The molecule has 20 heavy (non-hydrogen) atoms. The Morgan fingerprint density at radius 2 is 1.95 bits per heavy atom. The molecule has 0 bridgehead atoms. The quantitative estimate of drug-likeness (QED) is 0.690. The predicted octanol–water partition coefficient (Wildman–Crippen LogP) is 0.964. The van der Waals surface area contributed by atoms with E-state index in [4.69, 9.17) is 10.2 Å². The first kappa shape index (κ1) is 16.6. The van der Waals surface area contributed by atoms with Gasteiger partial charge in [-0.15, -0.1) is 0 Å². The first-order chi connectivity index (χ1) is 9.13. The summed E-state index contributed by atoms with van der Waals surface area (Å²) in [5, 5.41) is 17.4. The largest absolute Gasteiger partial charge is 0.481 e. The minimum atomic E-state index is -4.14. The van der Waals surface area contributed by atoms with Crippen LogP contribution in [0.4, 0.5) is 0 Å². The Morgan fingerprint density at radius 1 is 1.35 bits per heavy atom. The molecule has 7 nitrogen and oxygen atoms in total. The number of rotatable bonds is 6. The van der Waals surface area contributed by atoms with E-state index in [1.165, 1.54) is 6.07 Å². The number of aliphatic carboxylic acids is 2. The van der Waals surface area contributed by atoms with E-state index in [0.717, 1.165) is 5.56 Å². The molecule has 0 aliphatic carbocycles. The van der Waals surface area contributed by atoms with Crippen molar-refractivity contribution in [3.8, 4) is 0 Å². The molecule has 0 amide bonds. The van der Waals surface area contributed by atoms with Crippen LogP contribution in [0.3, 0.4) is 0 Å². The normalized spacial score (nSPS) is 12.9. The minimum absolute atomic E-state index is 0.153. The first-order valence-electron chi connectivity index (χ1n) is 5.36. The molecule has 3 N–H and O–H groups in total. The highest BCUT2D eigenvalue weighted by atomic mass is 79.9. The average Bonchev–Trinajstić information content (AvgIpc) is 2.26. The average molecular weight is 366 g/mol. The third kappa shape index (κ3) is 4.29. The Hall–Kier alpha value is -1.45. The Bertz CT molecular complexity index is 642. The molecule has 1 rings (SSSR count). The maximum Gasteiger partial charge on any atom is 0.322 e. The van der Waals surface area contributed by atoms with E-state index in [1.807, 2.05) is 4.72 Å². The van der Waals surface area contributed by atoms with Crippen LogP contribution in [0.25, 0.3) is 0 Å². The van der Waals surface area contributed by atoms with Gasteiger partial charge in [0.2, 0.25) is 10.0 Å². The molecule has 0 aliphatic heterocycles. The van der Waals surface area contributed by atoms with Gasteiger partial charge in [0.25, 0.3) is 0 Å². The second kappa shape index (κ2) is 6.33. The van der Waals surface area contributed by atoms with E-state index in [-0.39, 0.29) is 9.37 Å². The van der Waals surface area contributed by atoms with Gasteiger partial charge in [0.05, 0.1) is 11.3 Å². The molecule has 1 aromatic rings. The number of carboxylic acid groups (broad SMARTS) is 2. The summed E-state index contributed by atoms with van der Waals surface area (Å²) in [6, 6.07) is 2.68. The number of hydrogen-bond donors (Lipinski definition) is 3. The van der Waals surface area contributed by atoms with Crippen molar-refractivity contribution in [2.45, 2.75) is 24.3 Å². The monoisotopic (exact) mass is 365 g/mol. The Balaban J connectivity index is 3.09. The zero-order valence-corrected chi connectivity index (χ0v) is 12.7. The zero-order valence-electron chi connectivity index (χ0n) is 10.3. The molecule has 0 unspecified atom stereocenters. The zero-order chi connectivity index (χ0) is 15.5. The van der Waals surface area contributed by atoms with E-state index in [1.54, 1.807) is 19.1 Å². The third-order valence-electron chi connectivity index (χ3n) is 2.35. The first-order valence-corrected chi connectivity index (χ1v) is 7.64. The van der Waals surface area contributed by atoms with Crippen molar-refractivity contribution in [3.05, 3.63) is 28.2 Å². The van der Waals surface area contributed by atoms with Crippen LogP contribution < -0.4 is 4.72 Å². The van der Waals surface area contributed by atoms with Gasteiger partial charge >= 0.3 is 11.9 Å². The van der Waals surface area contributed by atoms with Crippen LogP contribution in [-0.4, -0.2) is 36.6 Å². The van der Waals surface area contributed by atoms with Crippen molar-refractivity contribution in [2.24, 2.45) is 0 Å². The third-order valence-corrected chi connectivity index (χ3v) is 4.80. The SMILES string of the molecule is Cc1ccc(S(=O)(=O)N[C@@H](CC(=O)O)C(=O)O)c(Br)c1. The molecule has 9 heteroatoms. The molecule has 0 heterocycles. The summed E-state index contributed by atoms with van der Waals surface area (Å²) in [5.41, 5.74) is 0.816. The molecule has 0 aromatic heterocycles. The highest BCUT2D eigenvalue weighted by Crippen LogP contribution is 2.23. The van der Waals surface area contributed by atoms with Gasteiger partial charge in [-0.25, -0.2) is 8.42 Å². The molecular weight excluding hydrogens is 354 g/mol. The van der Waals surface area contributed by atoms with Crippen molar-refractivity contribution in [3.63, 3.8) is 0 Å². The smallest absolute Gasteiger partial charge is 0.322 e. The standard InChI is InChI=1S/C11H12BrNO6S/c1-6-2-3-9(7(12)4-6)20(18,19)13-8(11(16)17)5-10(14)15/h2-4,8,13H,5H2,1H3,(H,14,15)(H,16,17)/t8-/m0/s1. The molecule has 0 saturated carbocycles. The van der Waals surface area contributed by atoms with E-state index < -0.39 is 34.4 Å². The van der Waals surface area contributed by atoms with E-state index in [0.29, 0.717) is 0 Å². The number of hydrogen-bond acceptors (Lipinski definition) is 4. The van der Waals surface area contributed by atoms with Gasteiger partial charge < -0.3 is 10.2 Å². The molecule has 110 valence electrons. The maximum atomic E-state index is 12.1. The Labute approximate surface area is 123 Å². The number of aryl methyl sites for hydroxylation is 1. The van der Waals surface area contributed by atoms with Crippen LogP contribution in [0.2, 0.25) is 0 Å². The van der Waals surface area contributed by atoms with E-state index >= 15 is 0 Å². The molecule has 0 fully saturated rings. The second-order valence-electron chi connectivity index (χ2n) is 4.04. The lowest BCUT2D eigenvalue weighted by Gasteiger charge is -2.14. The number of sulfonamides is 1. The van der Waals surface area contributed by atoms with Crippen molar-refractivity contribution >= 4 is 37.9 Å². The number of carbonyl (C=O) groups is 2. The highest BCUT2D eigenvalue weighted by Gasteiger charge is 2.28. The maximum absolute atomic E-state index is 12.1. The topological polar surface area (TPSA) is 121 Å². The number of nitrogens with one attached hydrogen (secondary N) is 1. The van der Waals surface area contributed by atoms with Crippen LogP contribution in [-0.2, 0) is 19.6 Å². The second-order valence-corrected chi connectivity index (χ2v) is 6.58. The summed E-state index contributed by atoms with van der Waals surface area (Å²) in [4.78, 5) is 21.3. The summed E-state index contributed by atoms with van der Waals surface area (Å²) < 4.78 is 26.3. The molecule has 1 atom stereocenters. The van der Waals surface area contributed by atoms with Gasteiger partial charge in [0.15, 0.2) is 0 Å². The lowest BCUT2D eigenvalue weighted by molar-refractivity contribution is -0.145. The summed E-state index contributed by atoms with van der Waals surface area (Å²) in [6.45, 7) is 1.76. The Kier molecular flexibility index (Phi) is 5.26. The van der Waals surface area contributed by atoms with Crippen LogP contribution in [0, 0.1) is 6.92 Å². The molecular formula is C11H12BrNO6S. The van der Waals surface area contributed by atoms with E-state index in [2.05, 4.69) is 15.9 Å². The molecule has 0 aliphatic rings. The van der Waals surface area contributed by atoms with Crippen molar-refractivity contribution in [1.82, 2.24) is 4.72 Å². The number of benzene rings is 1. The molecule has 0 saturated heterocycles. The summed E-state index contributed by atoms with van der Waals surface area (Å²) in [5.74, 6) is -2.97. The van der Waals surface area contributed by atoms with E-state index in [9.17, 15) is 18.0 Å². The van der Waals surface area contributed by atoms with Crippen molar-refractivity contribution in [2.75, 3.05) is 0 Å². The van der Waals surface area contributed by atoms with Crippen molar-refractivity contribution in [1.29, 1.82) is 0 Å². The fourth-order valence-electron chi connectivity index (χ4n) is 1.43.